The van der Waals surface area contributed by atoms with E-state index in [2.05, 4.69) is 0 Å². The molecule has 3 aromatic carbocycles. The zero-order chi connectivity index (χ0) is 24.2. The third-order valence-corrected chi connectivity index (χ3v) is 6.79. The maximum Gasteiger partial charge on any atom is 0.201 e. The van der Waals surface area contributed by atoms with E-state index in [4.69, 9.17) is 4.74 Å². The Hall–Kier alpha value is -3.08. The molecular formula is C29H28F4O. The van der Waals surface area contributed by atoms with Crippen LogP contribution in [0.15, 0.2) is 54.6 Å². The number of allylic oxidation sites excluding steroid dienone is 2. The van der Waals surface area contributed by atoms with Crippen LogP contribution in [0.1, 0.15) is 49.3 Å². The van der Waals surface area contributed by atoms with E-state index in [9.17, 15) is 17.6 Å². The first-order valence-corrected chi connectivity index (χ1v) is 11.7. The van der Waals surface area contributed by atoms with Crippen molar-refractivity contribution in [2.24, 2.45) is 5.92 Å². The van der Waals surface area contributed by atoms with Crippen LogP contribution in [0.25, 0.3) is 16.7 Å². The lowest BCUT2D eigenvalue weighted by atomic mass is 9.83. The van der Waals surface area contributed by atoms with Gasteiger partial charge in [0.05, 0.1) is 7.11 Å². The van der Waals surface area contributed by atoms with Gasteiger partial charge in [-0.15, -0.1) is 0 Å². The summed E-state index contributed by atoms with van der Waals surface area (Å²) < 4.78 is 62.9. The van der Waals surface area contributed by atoms with Crippen LogP contribution in [-0.4, -0.2) is 7.11 Å². The predicted molar refractivity (Wildman–Crippen MR) is 128 cm³/mol. The van der Waals surface area contributed by atoms with Gasteiger partial charge < -0.3 is 4.74 Å². The minimum Gasteiger partial charge on any atom is -0.494 e. The normalized spacial score (nSPS) is 15.8. The van der Waals surface area contributed by atoms with E-state index in [1.54, 1.807) is 18.2 Å². The Morgan fingerprint density at radius 2 is 1.53 bits per heavy atom. The summed E-state index contributed by atoms with van der Waals surface area (Å²) in [7, 11) is 1.30. The number of aryl methyl sites for hydroxylation is 2. The average molecular weight is 469 g/mol. The summed E-state index contributed by atoms with van der Waals surface area (Å²) in [4.78, 5) is 0. The van der Waals surface area contributed by atoms with Crippen molar-refractivity contribution < 1.29 is 22.3 Å². The fourth-order valence-electron chi connectivity index (χ4n) is 4.62. The predicted octanol–water partition coefficient (Wildman–Crippen LogP) is 8.30. The molecule has 0 saturated carbocycles. The zero-order valence-electron chi connectivity index (χ0n) is 19.4. The summed E-state index contributed by atoms with van der Waals surface area (Å²) in [5.41, 5.74) is 3.46. The largest absolute Gasteiger partial charge is 0.494 e. The van der Waals surface area contributed by atoms with Gasteiger partial charge in [-0.1, -0.05) is 49.4 Å². The molecule has 1 atom stereocenters. The van der Waals surface area contributed by atoms with Crippen LogP contribution in [0.2, 0.25) is 0 Å². The Morgan fingerprint density at radius 1 is 0.824 bits per heavy atom. The molecule has 1 unspecified atom stereocenters. The molecule has 0 spiro atoms. The molecular weight excluding hydrogens is 440 g/mol. The van der Waals surface area contributed by atoms with Crippen LogP contribution in [-0.2, 0) is 12.8 Å². The Morgan fingerprint density at radius 3 is 2.18 bits per heavy atom. The van der Waals surface area contributed by atoms with E-state index >= 15 is 0 Å². The third kappa shape index (κ3) is 4.89. The van der Waals surface area contributed by atoms with Crippen molar-refractivity contribution in [1.29, 1.82) is 0 Å². The van der Waals surface area contributed by atoms with E-state index in [-0.39, 0.29) is 22.8 Å². The number of benzene rings is 3. The van der Waals surface area contributed by atoms with E-state index < -0.39 is 23.3 Å². The second-order valence-electron chi connectivity index (χ2n) is 8.80. The molecule has 3 aromatic rings. The van der Waals surface area contributed by atoms with Gasteiger partial charge in [0.2, 0.25) is 5.82 Å². The molecule has 0 N–H and O–H groups in total. The van der Waals surface area contributed by atoms with Crippen molar-refractivity contribution >= 4 is 5.57 Å². The van der Waals surface area contributed by atoms with Gasteiger partial charge >= 0.3 is 0 Å². The van der Waals surface area contributed by atoms with E-state index in [0.29, 0.717) is 36.8 Å². The average Bonchev–Trinajstić information content (AvgIpc) is 2.87. The van der Waals surface area contributed by atoms with E-state index in [1.807, 2.05) is 37.3 Å². The van der Waals surface area contributed by atoms with E-state index in [0.717, 1.165) is 24.0 Å². The zero-order valence-corrected chi connectivity index (χ0v) is 19.4. The highest BCUT2D eigenvalue weighted by atomic mass is 19.2. The van der Waals surface area contributed by atoms with Gasteiger partial charge in [-0.2, -0.15) is 4.39 Å². The van der Waals surface area contributed by atoms with Crippen LogP contribution in [0.5, 0.6) is 5.75 Å². The van der Waals surface area contributed by atoms with Gasteiger partial charge in [-0.25, -0.2) is 13.2 Å². The number of methoxy groups -OCH3 is 1. The molecule has 1 aliphatic rings. The molecule has 0 aliphatic heterocycles. The SMILES string of the molecule is CCc1ccc(-c2ccc(CCC3CC=C(c4ccc(OC)c(F)c4F)CC3)c(F)c2F)cc1. The van der Waals surface area contributed by atoms with E-state index in [1.165, 1.54) is 13.2 Å². The second-order valence-corrected chi connectivity index (χ2v) is 8.80. The maximum atomic E-state index is 14.8. The number of hydrogen-bond acceptors (Lipinski definition) is 1. The van der Waals surface area contributed by atoms with Gasteiger partial charge in [0, 0.05) is 11.1 Å². The lowest BCUT2D eigenvalue weighted by Gasteiger charge is -2.23. The molecule has 0 heterocycles. The minimum atomic E-state index is -0.981. The molecule has 0 radical (unpaired) electrons. The van der Waals surface area contributed by atoms with Crippen molar-refractivity contribution in [3.63, 3.8) is 0 Å². The van der Waals surface area contributed by atoms with Gasteiger partial charge in [0.15, 0.2) is 23.2 Å². The monoisotopic (exact) mass is 468 g/mol. The number of ether oxygens (including phenoxy) is 1. The summed E-state index contributed by atoms with van der Waals surface area (Å²) in [5, 5.41) is 0. The van der Waals surface area contributed by atoms with Crippen molar-refractivity contribution in [2.75, 3.05) is 7.11 Å². The molecule has 4 rings (SSSR count). The molecule has 0 fully saturated rings. The van der Waals surface area contributed by atoms with Crippen molar-refractivity contribution in [1.82, 2.24) is 0 Å². The maximum absolute atomic E-state index is 14.8. The molecule has 0 saturated heterocycles. The van der Waals surface area contributed by atoms with Crippen LogP contribution in [0.4, 0.5) is 17.6 Å². The summed E-state index contributed by atoms with van der Waals surface area (Å²) in [6.45, 7) is 2.05. The summed E-state index contributed by atoms with van der Waals surface area (Å²) in [5.74, 6) is -3.33. The highest BCUT2D eigenvalue weighted by Gasteiger charge is 2.22. The van der Waals surface area contributed by atoms with Crippen LogP contribution >= 0.6 is 0 Å². The van der Waals surface area contributed by atoms with Crippen LogP contribution in [0, 0.1) is 29.2 Å². The summed E-state index contributed by atoms with van der Waals surface area (Å²) in [6.07, 6.45) is 6.02. The Bertz CT molecular complexity index is 1200. The number of halogens is 4. The van der Waals surface area contributed by atoms with Crippen molar-refractivity contribution in [3.8, 4) is 16.9 Å². The fourth-order valence-corrected chi connectivity index (χ4v) is 4.62. The lowest BCUT2D eigenvalue weighted by molar-refractivity contribution is 0.371. The highest BCUT2D eigenvalue weighted by Crippen LogP contribution is 2.36. The van der Waals surface area contributed by atoms with Crippen LogP contribution in [0.3, 0.4) is 0 Å². The first-order chi connectivity index (χ1) is 16.4. The molecule has 0 bridgehead atoms. The van der Waals surface area contributed by atoms with Gasteiger partial charge in [-0.05, 0) is 78.8 Å². The summed E-state index contributed by atoms with van der Waals surface area (Å²) >= 11 is 0. The number of rotatable bonds is 7. The van der Waals surface area contributed by atoms with Crippen LogP contribution < -0.4 is 4.74 Å². The van der Waals surface area contributed by atoms with Gasteiger partial charge in [-0.3, -0.25) is 0 Å². The van der Waals surface area contributed by atoms with Crippen molar-refractivity contribution in [2.45, 2.75) is 45.4 Å². The Balaban J connectivity index is 1.41. The first kappa shape index (κ1) is 24.1. The molecule has 0 amide bonds. The molecule has 5 heteroatoms. The second kappa shape index (κ2) is 10.5. The molecule has 1 aliphatic carbocycles. The molecule has 34 heavy (non-hydrogen) atoms. The topological polar surface area (TPSA) is 9.23 Å². The van der Waals surface area contributed by atoms with Gasteiger partial charge in [0.25, 0.3) is 0 Å². The highest BCUT2D eigenvalue weighted by molar-refractivity contribution is 5.68. The number of hydrogen-bond donors (Lipinski definition) is 0. The fraction of sp³-hybridized carbons (Fsp3) is 0.310. The standard InChI is InChI=1S/C29H28F4O/c1-3-18-4-9-20(10-5-18)23-15-14-22(26(30)27(23)31)13-8-19-6-11-21(12-7-19)24-16-17-25(34-2)29(33)28(24)32/h4-5,9-11,14-17,19H,3,6-8,12-13H2,1-2H3. The smallest absolute Gasteiger partial charge is 0.201 e. The molecule has 1 nitrogen and oxygen atoms in total. The Labute approximate surface area is 198 Å². The van der Waals surface area contributed by atoms with Gasteiger partial charge in [0.1, 0.15) is 0 Å². The first-order valence-electron chi connectivity index (χ1n) is 11.7. The Kier molecular flexibility index (Phi) is 7.40. The minimum absolute atomic E-state index is 0.117. The lowest BCUT2D eigenvalue weighted by Crippen LogP contribution is -2.09. The third-order valence-electron chi connectivity index (χ3n) is 6.79. The molecule has 178 valence electrons. The quantitative estimate of drug-likeness (QED) is 0.317. The summed E-state index contributed by atoms with van der Waals surface area (Å²) in [6, 6.07) is 13.8. The molecule has 0 aromatic heterocycles. The van der Waals surface area contributed by atoms with Crippen molar-refractivity contribution in [3.05, 3.63) is 94.6 Å².